The van der Waals surface area contributed by atoms with Crippen LogP contribution in [0, 0.1) is 0 Å². The van der Waals surface area contributed by atoms with E-state index in [2.05, 4.69) is 40.1 Å². The first-order valence-corrected chi connectivity index (χ1v) is 5.42. The Balaban J connectivity index is 2.73. The quantitative estimate of drug-likeness (QED) is 0.871. The fraction of sp³-hybridized carbons (Fsp3) is 0.500. The van der Waals surface area contributed by atoms with Crippen molar-refractivity contribution in [3.63, 3.8) is 0 Å². The highest BCUT2D eigenvalue weighted by Crippen LogP contribution is 2.24. The lowest BCUT2D eigenvalue weighted by atomic mass is 10.0. The summed E-state index contributed by atoms with van der Waals surface area (Å²) in [6.07, 6.45) is 4.48. The van der Waals surface area contributed by atoms with Gasteiger partial charge in [-0.3, -0.25) is 4.98 Å². The lowest BCUT2D eigenvalue weighted by Crippen LogP contribution is -2.33. The molecule has 3 nitrogen and oxygen atoms in total. The molecule has 0 saturated carbocycles. The van der Waals surface area contributed by atoms with Crippen LogP contribution in [0.2, 0.25) is 0 Å². The number of rotatable bonds is 4. The number of halogens is 1. The molecule has 0 saturated heterocycles. The van der Waals surface area contributed by atoms with Gasteiger partial charge in [0.25, 0.3) is 0 Å². The van der Waals surface area contributed by atoms with E-state index in [1.54, 1.807) is 12.4 Å². The Kier molecular flexibility index (Phi) is 3.89. The van der Waals surface area contributed by atoms with Crippen molar-refractivity contribution in [3.05, 3.63) is 22.9 Å². The van der Waals surface area contributed by atoms with Crippen LogP contribution in [0.15, 0.2) is 22.9 Å². The maximum Gasteiger partial charge on any atom is 0.0590 e. The van der Waals surface area contributed by atoms with Gasteiger partial charge in [0, 0.05) is 17.9 Å². The number of nitrogens with two attached hydrogens (primary N) is 1. The molecule has 4 heteroatoms. The van der Waals surface area contributed by atoms with Gasteiger partial charge in [0.05, 0.1) is 10.2 Å². The zero-order chi connectivity index (χ0) is 10.6. The zero-order valence-electron chi connectivity index (χ0n) is 8.55. The predicted molar refractivity (Wildman–Crippen MR) is 63.3 cm³/mol. The molecule has 0 aliphatic heterocycles. The number of anilines is 1. The lowest BCUT2D eigenvalue weighted by molar-refractivity contribution is 0.526. The molecule has 1 heterocycles. The fourth-order valence-corrected chi connectivity index (χ4v) is 1.61. The third-order valence-corrected chi connectivity index (χ3v) is 2.65. The first kappa shape index (κ1) is 11.5. The average molecular weight is 258 g/mol. The van der Waals surface area contributed by atoms with Crippen LogP contribution in [0.5, 0.6) is 0 Å². The molecule has 0 amide bonds. The minimum atomic E-state index is 0.0125. The van der Waals surface area contributed by atoms with Crippen molar-refractivity contribution in [2.75, 3.05) is 11.9 Å². The zero-order valence-corrected chi connectivity index (χ0v) is 10.1. The summed E-state index contributed by atoms with van der Waals surface area (Å²) in [4.78, 5) is 4.01. The van der Waals surface area contributed by atoms with Gasteiger partial charge in [-0.15, -0.1) is 0 Å². The van der Waals surface area contributed by atoms with Gasteiger partial charge in [0.15, 0.2) is 0 Å². The van der Waals surface area contributed by atoms with Crippen molar-refractivity contribution in [1.82, 2.24) is 4.98 Å². The van der Waals surface area contributed by atoms with Gasteiger partial charge in [-0.05, 0) is 48.8 Å². The molecule has 0 unspecified atom stereocenters. The highest BCUT2D eigenvalue weighted by Gasteiger charge is 2.16. The highest BCUT2D eigenvalue weighted by molar-refractivity contribution is 9.10. The Morgan fingerprint density at radius 3 is 2.86 bits per heavy atom. The lowest BCUT2D eigenvalue weighted by Gasteiger charge is -2.27. The predicted octanol–water partition coefficient (Wildman–Crippen LogP) is 2.38. The minimum Gasteiger partial charge on any atom is -0.379 e. The molecular formula is C10H16BrN3. The van der Waals surface area contributed by atoms with Crippen LogP contribution in [-0.2, 0) is 0 Å². The molecule has 14 heavy (non-hydrogen) atoms. The standard InChI is InChI=1S/C10H16BrN3/c1-10(2,4-5-12)14-9-3-6-13-7-8(9)11/h3,6-7H,4-5,12H2,1-2H3,(H,13,14). The van der Waals surface area contributed by atoms with Gasteiger partial charge >= 0.3 is 0 Å². The van der Waals surface area contributed by atoms with Crippen LogP contribution in [0.3, 0.4) is 0 Å². The summed E-state index contributed by atoms with van der Waals surface area (Å²) in [7, 11) is 0. The van der Waals surface area contributed by atoms with E-state index in [1.165, 1.54) is 0 Å². The SMILES string of the molecule is CC(C)(CCN)Nc1ccncc1Br. The Morgan fingerprint density at radius 2 is 2.29 bits per heavy atom. The number of nitrogens with one attached hydrogen (secondary N) is 1. The van der Waals surface area contributed by atoms with Crippen LogP contribution in [0.1, 0.15) is 20.3 Å². The van der Waals surface area contributed by atoms with Crippen LogP contribution < -0.4 is 11.1 Å². The molecule has 0 atom stereocenters. The third kappa shape index (κ3) is 3.27. The highest BCUT2D eigenvalue weighted by atomic mass is 79.9. The first-order valence-electron chi connectivity index (χ1n) is 4.63. The summed E-state index contributed by atoms with van der Waals surface area (Å²) in [5.74, 6) is 0. The number of hydrogen-bond acceptors (Lipinski definition) is 3. The van der Waals surface area contributed by atoms with Gasteiger partial charge in [0.2, 0.25) is 0 Å². The van der Waals surface area contributed by atoms with Crippen molar-refractivity contribution in [1.29, 1.82) is 0 Å². The first-order chi connectivity index (χ1) is 6.55. The van der Waals surface area contributed by atoms with Crippen molar-refractivity contribution in [3.8, 4) is 0 Å². The molecule has 1 rings (SSSR count). The number of nitrogens with zero attached hydrogens (tertiary/aromatic N) is 1. The van der Waals surface area contributed by atoms with Crippen LogP contribution >= 0.6 is 15.9 Å². The number of aromatic nitrogens is 1. The fourth-order valence-electron chi connectivity index (χ4n) is 1.26. The molecule has 0 bridgehead atoms. The number of pyridine rings is 1. The molecule has 3 N–H and O–H groups in total. The van der Waals surface area contributed by atoms with Crippen LogP contribution in [0.25, 0.3) is 0 Å². The maximum absolute atomic E-state index is 5.54. The molecular weight excluding hydrogens is 242 g/mol. The Bertz CT molecular complexity index is 299. The second kappa shape index (κ2) is 4.75. The second-order valence-electron chi connectivity index (χ2n) is 3.90. The monoisotopic (exact) mass is 257 g/mol. The average Bonchev–Trinajstić information content (AvgIpc) is 2.08. The van der Waals surface area contributed by atoms with Gasteiger partial charge in [-0.25, -0.2) is 0 Å². The third-order valence-electron chi connectivity index (χ3n) is 2.01. The van der Waals surface area contributed by atoms with E-state index in [4.69, 9.17) is 5.73 Å². The summed E-state index contributed by atoms with van der Waals surface area (Å²) in [6.45, 7) is 4.95. The maximum atomic E-state index is 5.54. The summed E-state index contributed by atoms with van der Waals surface area (Å²) in [5, 5.41) is 3.42. The Labute approximate surface area is 93.2 Å². The molecule has 1 aromatic heterocycles. The molecule has 0 aromatic carbocycles. The van der Waals surface area contributed by atoms with Crippen molar-refractivity contribution >= 4 is 21.6 Å². The number of hydrogen-bond donors (Lipinski definition) is 2. The summed E-state index contributed by atoms with van der Waals surface area (Å²) >= 11 is 3.44. The van der Waals surface area contributed by atoms with Crippen LogP contribution in [0.4, 0.5) is 5.69 Å². The summed E-state index contributed by atoms with van der Waals surface area (Å²) < 4.78 is 0.977. The topological polar surface area (TPSA) is 50.9 Å². The molecule has 1 aromatic rings. The van der Waals surface area contributed by atoms with Crippen LogP contribution in [-0.4, -0.2) is 17.1 Å². The summed E-state index contributed by atoms with van der Waals surface area (Å²) in [5.41, 5.74) is 6.61. The normalized spacial score (nSPS) is 11.4. The molecule has 0 aliphatic rings. The van der Waals surface area contributed by atoms with E-state index in [1.807, 2.05) is 6.07 Å². The molecule has 0 aliphatic carbocycles. The van der Waals surface area contributed by atoms with E-state index in [0.717, 1.165) is 16.6 Å². The minimum absolute atomic E-state index is 0.0125. The molecule has 0 fully saturated rings. The van der Waals surface area contributed by atoms with Gasteiger partial charge < -0.3 is 11.1 Å². The summed E-state index contributed by atoms with van der Waals surface area (Å²) in [6, 6.07) is 1.95. The molecule has 0 spiro atoms. The van der Waals surface area contributed by atoms with Crippen molar-refractivity contribution in [2.45, 2.75) is 25.8 Å². The molecule has 0 radical (unpaired) electrons. The Morgan fingerprint density at radius 1 is 1.57 bits per heavy atom. The second-order valence-corrected chi connectivity index (χ2v) is 4.76. The van der Waals surface area contributed by atoms with Gasteiger partial charge in [-0.2, -0.15) is 0 Å². The van der Waals surface area contributed by atoms with Crippen molar-refractivity contribution in [2.24, 2.45) is 5.73 Å². The van der Waals surface area contributed by atoms with E-state index >= 15 is 0 Å². The van der Waals surface area contributed by atoms with Gasteiger partial charge in [-0.1, -0.05) is 0 Å². The molecule has 78 valence electrons. The van der Waals surface area contributed by atoms with E-state index < -0.39 is 0 Å². The van der Waals surface area contributed by atoms with Crippen molar-refractivity contribution < 1.29 is 0 Å². The van der Waals surface area contributed by atoms with Gasteiger partial charge in [0.1, 0.15) is 0 Å². The largest absolute Gasteiger partial charge is 0.379 e. The van der Waals surface area contributed by atoms with E-state index in [0.29, 0.717) is 6.54 Å². The smallest absolute Gasteiger partial charge is 0.0590 e. The van der Waals surface area contributed by atoms with E-state index in [-0.39, 0.29) is 5.54 Å². The Hall–Kier alpha value is -0.610. The van der Waals surface area contributed by atoms with E-state index in [9.17, 15) is 0 Å².